The van der Waals surface area contributed by atoms with Crippen molar-refractivity contribution in [1.82, 2.24) is 5.32 Å². The molecule has 17 heavy (non-hydrogen) atoms. The van der Waals surface area contributed by atoms with Crippen molar-refractivity contribution in [3.8, 4) is 0 Å². The van der Waals surface area contributed by atoms with Gasteiger partial charge >= 0.3 is 6.03 Å². The number of carbonyl (C=O) groups excluding carboxylic acids is 1. The van der Waals surface area contributed by atoms with Crippen LogP contribution in [-0.2, 0) is 6.42 Å². The predicted octanol–water partition coefficient (Wildman–Crippen LogP) is 2.75. The highest BCUT2D eigenvalue weighted by Crippen LogP contribution is 2.18. The Balaban J connectivity index is 2.69. The van der Waals surface area contributed by atoms with Gasteiger partial charge in [0.1, 0.15) is 0 Å². The fourth-order valence-electron chi connectivity index (χ4n) is 1.50. The van der Waals surface area contributed by atoms with Gasteiger partial charge in [-0.05, 0) is 44.9 Å². The molecule has 0 aromatic heterocycles. The average Bonchev–Trinajstić information content (AvgIpc) is 2.14. The fraction of sp³-hybridized carbons (Fsp3) is 0.462. The number of amides is 2. The molecule has 0 radical (unpaired) electrons. The highest BCUT2D eigenvalue weighted by molar-refractivity contribution is 5.90. The Morgan fingerprint density at radius 2 is 2.00 bits per heavy atom. The molecule has 0 saturated heterocycles. The number of hydrogen-bond donors (Lipinski definition) is 3. The van der Waals surface area contributed by atoms with Crippen LogP contribution in [0.2, 0.25) is 0 Å². The van der Waals surface area contributed by atoms with E-state index in [0.717, 1.165) is 12.0 Å². The number of nitrogen functional groups attached to an aromatic ring is 1. The van der Waals surface area contributed by atoms with Gasteiger partial charge in [-0.3, -0.25) is 0 Å². The molecule has 1 aromatic carbocycles. The molecule has 0 fully saturated rings. The van der Waals surface area contributed by atoms with Gasteiger partial charge in [0.05, 0.1) is 0 Å². The van der Waals surface area contributed by atoms with Crippen LogP contribution in [0.25, 0.3) is 0 Å². The van der Waals surface area contributed by atoms with E-state index in [0.29, 0.717) is 11.4 Å². The fourth-order valence-corrected chi connectivity index (χ4v) is 1.50. The number of benzene rings is 1. The summed E-state index contributed by atoms with van der Waals surface area (Å²) < 4.78 is 0. The van der Waals surface area contributed by atoms with Gasteiger partial charge in [-0.2, -0.15) is 0 Å². The second-order valence-electron chi connectivity index (χ2n) is 5.10. The molecule has 4 N–H and O–H groups in total. The summed E-state index contributed by atoms with van der Waals surface area (Å²) in [5.74, 6) is 0. The topological polar surface area (TPSA) is 67.2 Å². The zero-order valence-corrected chi connectivity index (χ0v) is 10.9. The lowest BCUT2D eigenvalue weighted by Crippen LogP contribution is -2.43. The van der Waals surface area contributed by atoms with Gasteiger partial charge in [0.15, 0.2) is 0 Å². The van der Waals surface area contributed by atoms with Gasteiger partial charge in [0.25, 0.3) is 0 Å². The van der Waals surface area contributed by atoms with E-state index in [9.17, 15) is 4.79 Å². The Morgan fingerprint density at radius 1 is 1.35 bits per heavy atom. The van der Waals surface area contributed by atoms with E-state index in [1.807, 2.05) is 39.8 Å². The quantitative estimate of drug-likeness (QED) is 0.690. The van der Waals surface area contributed by atoms with Crippen molar-refractivity contribution >= 4 is 17.4 Å². The largest absolute Gasteiger partial charge is 0.398 e. The minimum absolute atomic E-state index is 0.221. The van der Waals surface area contributed by atoms with E-state index in [1.165, 1.54) is 0 Å². The molecule has 0 atom stereocenters. The Bertz CT molecular complexity index is 408. The van der Waals surface area contributed by atoms with Crippen molar-refractivity contribution in [3.05, 3.63) is 23.8 Å². The Hall–Kier alpha value is -1.71. The molecule has 0 saturated carbocycles. The monoisotopic (exact) mass is 235 g/mol. The van der Waals surface area contributed by atoms with Gasteiger partial charge in [-0.1, -0.05) is 13.0 Å². The van der Waals surface area contributed by atoms with E-state index in [2.05, 4.69) is 10.6 Å². The molecule has 1 aromatic rings. The minimum Gasteiger partial charge on any atom is -0.398 e. The zero-order valence-electron chi connectivity index (χ0n) is 10.9. The number of nitrogens with two attached hydrogens (primary N) is 1. The smallest absolute Gasteiger partial charge is 0.319 e. The van der Waals surface area contributed by atoms with Crippen LogP contribution in [-0.4, -0.2) is 11.6 Å². The second-order valence-corrected chi connectivity index (χ2v) is 5.10. The molecular weight excluding hydrogens is 214 g/mol. The lowest BCUT2D eigenvalue weighted by atomic mass is 10.1. The van der Waals surface area contributed by atoms with Crippen molar-refractivity contribution in [2.45, 2.75) is 39.7 Å². The number of rotatable bonds is 2. The molecule has 0 aliphatic heterocycles. The van der Waals surface area contributed by atoms with Crippen LogP contribution in [0.5, 0.6) is 0 Å². The third kappa shape index (κ3) is 4.34. The summed E-state index contributed by atoms with van der Waals surface area (Å²) in [5.41, 5.74) is 8.12. The minimum atomic E-state index is -0.251. The highest BCUT2D eigenvalue weighted by Gasteiger charge is 2.13. The second kappa shape index (κ2) is 5.08. The van der Waals surface area contributed by atoms with Gasteiger partial charge in [-0.15, -0.1) is 0 Å². The van der Waals surface area contributed by atoms with Crippen molar-refractivity contribution in [2.24, 2.45) is 0 Å². The molecule has 4 heteroatoms. The molecule has 4 nitrogen and oxygen atoms in total. The normalized spacial score (nSPS) is 11.1. The highest BCUT2D eigenvalue weighted by atomic mass is 16.2. The van der Waals surface area contributed by atoms with Crippen LogP contribution in [0.15, 0.2) is 18.2 Å². The van der Waals surface area contributed by atoms with Crippen LogP contribution in [0, 0.1) is 0 Å². The van der Waals surface area contributed by atoms with E-state index in [-0.39, 0.29) is 11.6 Å². The molecule has 2 amide bonds. The zero-order chi connectivity index (χ0) is 13.1. The summed E-state index contributed by atoms with van der Waals surface area (Å²) >= 11 is 0. The van der Waals surface area contributed by atoms with Gasteiger partial charge in [0, 0.05) is 16.9 Å². The van der Waals surface area contributed by atoms with Crippen molar-refractivity contribution in [3.63, 3.8) is 0 Å². The summed E-state index contributed by atoms with van der Waals surface area (Å²) in [7, 11) is 0. The van der Waals surface area contributed by atoms with E-state index >= 15 is 0 Å². The lowest BCUT2D eigenvalue weighted by Gasteiger charge is -2.21. The van der Waals surface area contributed by atoms with Crippen LogP contribution in [0.3, 0.4) is 0 Å². The van der Waals surface area contributed by atoms with E-state index in [4.69, 9.17) is 5.73 Å². The third-order valence-corrected chi connectivity index (χ3v) is 2.27. The first kappa shape index (κ1) is 13.4. The average molecular weight is 235 g/mol. The standard InChI is InChI=1S/C13H21N3O/c1-5-9-6-7-10(8-11(9)14)15-12(17)16-13(2,3)4/h6-8H,5,14H2,1-4H3,(H2,15,16,17). The number of hydrogen-bond acceptors (Lipinski definition) is 2. The van der Waals surface area contributed by atoms with Gasteiger partial charge in [0.2, 0.25) is 0 Å². The maximum Gasteiger partial charge on any atom is 0.319 e. The molecule has 0 spiro atoms. The summed E-state index contributed by atoms with van der Waals surface area (Å²) in [6.07, 6.45) is 0.889. The summed E-state index contributed by atoms with van der Waals surface area (Å²) in [6, 6.07) is 5.35. The SMILES string of the molecule is CCc1ccc(NC(=O)NC(C)(C)C)cc1N. The molecule has 0 heterocycles. The third-order valence-electron chi connectivity index (χ3n) is 2.27. The maximum absolute atomic E-state index is 11.6. The van der Waals surface area contributed by atoms with Gasteiger partial charge in [-0.25, -0.2) is 4.79 Å². The maximum atomic E-state index is 11.6. The first-order valence-electron chi connectivity index (χ1n) is 5.79. The number of aryl methyl sites for hydroxylation is 1. The van der Waals surface area contributed by atoms with E-state index in [1.54, 1.807) is 6.07 Å². The van der Waals surface area contributed by atoms with Crippen molar-refractivity contribution in [1.29, 1.82) is 0 Å². The Labute approximate surface area is 103 Å². The number of carbonyl (C=O) groups is 1. The number of urea groups is 1. The first-order valence-corrected chi connectivity index (χ1v) is 5.79. The summed E-state index contributed by atoms with van der Waals surface area (Å²) in [6.45, 7) is 7.84. The van der Waals surface area contributed by atoms with Crippen molar-refractivity contribution in [2.75, 3.05) is 11.1 Å². The molecule has 1 rings (SSSR count). The molecule has 0 aliphatic rings. The molecule has 0 bridgehead atoms. The Kier molecular flexibility index (Phi) is 3.99. The first-order chi connectivity index (χ1) is 7.81. The number of nitrogens with one attached hydrogen (secondary N) is 2. The van der Waals surface area contributed by atoms with E-state index < -0.39 is 0 Å². The molecule has 0 unspecified atom stereocenters. The molecular formula is C13H21N3O. The molecule has 94 valence electrons. The number of anilines is 2. The predicted molar refractivity (Wildman–Crippen MR) is 72.1 cm³/mol. The van der Waals surface area contributed by atoms with Gasteiger partial charge < -0.3 is 16.4 Å². The van der Waals surface area contributed by atoms with Crippen LogP contribution >= 0.6 is 0 Å². The van der Waals surface area contributed by atoms with Crippen LogP contribution in [0.4, 0.5) is 16.2 Å². The summed E-state index contributed by atoms with van der Waals surface area (Å²) in [5, 5.41) is 5.59. The van der Waals surface area contributed by atoms with Crippen LogP contribution < -0.4 is 16.4 Å². The lowest BCUT2D eigenvalue weighted by molar-refractivity contribution is 0.244. The summed E-state index contributed by atoms with van der Waals surface area (Å²) in [4.78, 5) is 11.6. The molecule has 0 aliphatic carbocycles. The van der Waals surface area contributed by atoms with Crippen LogP contribution in [0.1, 0.15) is 33.3 Å². The van der Waals surface area contributed by atoms with Crippen molar-refractivity contribution < 1.29 is 4.79 Å². The Morgan fingerprint density at radius 3 is 2.47 bits per heavy atom.